The van der Waals surface area contributed by atoms with Crippen molar-refractivity contribution in [3.05, 3.63) is 63.7 Å². The molecule has 0 aliphatic heterocycles. The van der Waals surface area contributed by atoms with Crippen molar-refractivity contribution >= 4 is 22.6 Å². The number of amides is 1. The first-order valence-electron chi connectivity index (χ1n) is 7.97. The van der Waals surface area contributed by atoms with Crippen molar-refractivity contribution in [3.63, 3.8) is 0 Å². The van der Waals surface area contributed by atoms with Gasteiger partial charge in [-0.05, 0) is 44.5 Å². The van der Waals surface area contributed by atoms with Gasteiger partial charge in [0.25, 0.3) is 5.91 Å². The molecule has 1 N–H and O–H groups in total. The van der Waals surface area contributed by atoms with Crippen LogP contribution in [0, 0.1) is 6.92 Å². The maximum atomic E-state index is 12.5. The molecule has 0 saturated heterocycles. The number of anilines is 1. The molecule has 1 amide bonds. The van der Waals surface area contributed by atoms with Gasteiger partial charge in [0.1, 0.15) is 11.3 Å². The second-order valence-corrected chi connectivity index (χ2v) is 5.63. The quantitative estimate of drug-likeness (QED) is 0.864. The van der Waals surface area contributed by atoms with Crippen molar-refractivity contribution in [2.24, 2.45) is 0 Å². The van der Waals surface area contributed by atoms with Crippen LogP contribution < -0.4 is 10.9 Å². The number of carbonyl (C=O) groups is 1. The molecule has 5 nitrogen and oxygen atoms in total. The molecule has 1 aromatic heterocycles. The Bertz CT molecular complexity index is 911. The van der Waals surface area contributed by atoms with Crippen molar-refractivity contribution in [2.75, 3.05) is 11.9 Å². The van der Waals surface area contributed by atoms with Gasteiger partial charge in [-0.3, -0.25) is 4.79 Å². The summed E-state index contributed by atoms with van der Waals surface area (Å²) in [5.74, 6) is 0.517. The molecule has 0 fully saturated rings. The minimum Gasteiger partial charge on any atom is -0.497 e. The molecule has 0 atom stereocenters. The zero-order valence-corrected chi connectivity index (χ0v) is 13.7. The molecule has 0 radical (unpaired) electrons. The van der Waals surface area contributed by atoms with Crippen LogP contribution in [0.1, 0.15) is 26.8 Å². The van der Waals surface area contributed by atoms with Gasteiger partial charge in [-0.2, -0.15) is 0 Å². The summed E-state index contributed by atoms with van der Waals surface area (Å²) in [5.41, 5.74) is 1.87. The number of ether oxygens (including phenoxy) is 1. The van der Waals surface area contributed by atoms with Gasteiger partial charge in [-0.25, -0.2) is 4.79 Å². The third-order valence-corrected chi connectivity index (χ3v) is 3.85. The number of hydrogen-bond donors (Lipinski definition) is 1. The predicted octanol–water partition coefficient (Wildman–Crippen LogP) is 3.93. The average Bonchev–Trinajstić information content (AvgIpc) is 2.57. The van der Waals surface area contributed by atoms with Crippen molar-refractivity contribution < 1.29 is 15.4 Å². The molecule has 1 heterocycles. The lowest BCUT2D eigenvalue weighted by atomic mass is 10.0. The molecule has 1 aliphatic carbocycles. The van der Waals surface area contributed by atoms with Crippen LogP contribution >= 0.6 is 0 Å². The van der Waals surface area contributed by atoms with E-state index in [2.05, 4.69) is 5.32 Å². The fourth-order valence-corrected chi connectivity index (χ4v) is 2.67. The number of hydrogen-bond acceptors (Lipinski definition) is 4. The third-order valence-electron chi connectivity index (χ3n) is 3.85. The molecule has 1 aromatic carbocycles. The smallest absolute Gasteiger partial charge is 0.339 e. The Labute approximate surface area is 141 Å². The summed E-state index contributed by atoms with van der Waals surface area (Å²) >= 11 is 0. The minimum absolute atomic E-state index is 0. The molecule has 0 spiro atoms. The summed E-state index contributed by atoms with van der Waals surface area (Å²) in [7, 11) is 0. The SMILES string of the molecule is CCOC1=C(C(=O)Nc2ccc3oc(=O)c(C)cc3c2)C=CCC1.[HH]. The molecule has 5 heteroatoms. The molecule has 2 aromatic rings. The highest BCUT2D eigenvalue weighted by Crippen LogP contribution is 2.23. The van der Waals surface area contributed by atoms with E-state index in [9.17, 15) is 9.59 Å². The fourth-order valence-electron chi connectivity index (χ4n) is 2.67. The Morgan fingerprint density at radius 2 is 2.21 bits per heavy atom. The highest BCUT2D eigenvalue weighted by Gasteiger charge is 2.17. The molecule has 0 saturated carbocycles. The van der Waals surface area contributed by atoms with Crippen LogP contribution in [0.25, 0.3) is 11.0 Å². The van der Waals surface area contributed by atoms with E-state index in [1.54, 1.807) is 37.3 Å². The van der Waals surface area contributed by atoms with Crippen LogP contribution in [0.15, 0.2) is 57.0 Å². The van der Waals surface area contributed by atoms with Crippen LogP contribution in [0.5, 0.6) is 0 Å². The zero-order valence-electron chi connectivity index (χ0n) is 13.7. The van der Waals surface area contributed by atoms with E-state index in [0.717, 1.165) is 24.0 Å². The van der Waals surface area contributed by atoms with Gasteiger partial charge in [-0.1, -0.05) is 12.2 Å². The maximum absolute atomic E-state index is 12.5. The van der Waals surface area contributed by atoms with Gasteiger partial charge >= 0.3 is 5.63 Å². The molecule has 1 aliphatic rings. The van der Waals surface area contributed by atoms with Crippen molar-refractivity contribution in [3.8, 4) is 0 Å². The Morgan fingerprint density at radius 1 is 1.38 bits per heavy atom. The van der Waals surface area contributed by atoms with Crippen LogP contribution in [0.4, 0.5) is 5.69 Å². The van der Waals surface area contributed by atoms with E-state index in [1.165, 1.54) is 0 Å². The summed E-state index contributed by atoms with van der Waals surface area (Å²) in [4.78, 5) is 24.1. The van der Waals surface area contributed by atoms with E-state index in [-0.39, 0.29) is 13.0 Å². The first kappa shape index (κ1) is 16.1. The molecular formula is C19H21NO4. The third kappa shape index (κ3) is 3.25. The largest absolute Gasteiger partial charge is 0.497 e. The molecular weight excluding hydrogens is 306 g/mol. The van der Waals surface area contributed by atoms with E-state index < -0.39 is 0 Å². The van der Waals surface area contributed by atoms with Gasteiger partial charge in [0.05, 0.1) is 12.2 Å². The number of nitrogens with one attached hydrogen (secondary N) is 1. The summed E-state index contributed by atoms with van der Waals surface area (Å²) in [6, 6.07) is 6.94. The maximum Gasteiger partial charge on any atom is 0.339 e. The average molecular weight is 327 g/mol. The number of benzene rings is 1. The predicted molar refractivity (Wildman–Crippen MR) is 95.0 cm³/mol. The normalized spacial score (nSPS) is 14.1. The lowest BCUT2D eigenvalue weighted by Gasteiger charge is -2.16. The van der Waals surface area contributed by atoms with Gasteiger partial charge < -0.3 is 14.5 Å². The lowest BCUT2D eigenvalue weighted by Crippen LogP contribution is -2.17. The zero-order chi connectivity index (χ0) is 17.1. The standard InChI is InChI=1S/C19H19NO4.H2/c1-3-23-17-7-5-4-6-15(17)18(21)20-14-8-9-16-13(11-14)10-12(2)19(22)24-16;/h4,6,8-11H,3,5,7H2,1-2H3,(H,20,21);1H. The molecule has 24 heavy (non-hydrogen) atoms. The summed E-state index contributed by atoms with van der Waals surface area (Å²) < 4.78 is 10.8. The highest BCUT2D eigenvalue weighted by atomic mass is 16.5. The molecule has 0 unspecified atom stereocenters. The number of allylic oxidation sites excluding steroid dienone is 2. The monoisotopic (exact) mass is 327 g/mol. The summed E-state index contributed by atoms with van der Waals surface area (Å²) in [6.07, 6.45) is 5.37. The van der Waals surface area contributed by atoms with Crippen molar-refractivity contribution in [1.82, 2.24) is 0 Å². The number of aryl methyl sites for hydroxylation is 1. The first-order chi connectivity index (χ1) is 11.6. The second kappa shape index (κ2) is 6.74. The van der Waals surface area contributed by atoms with Crippen LogP contribution in [0.2, 0.25) is 0 Å². The lowest BCUT2D eigenvalue weighted by molar-refractivity contribution is -0.112. The van der Waals surface area contributed by atoms with Gasteiger partial charge in [0, 0.05) is 24.5 Å². The highest BCUT2D eigenvalue weighted by molar-refractivity contribution is 6.06. The van der Waals surface area contributed by atoms with E-state index >= 15 is 0 Å². The topological polar surface area (TPSA) is 68.5 Å². The Kier molecular flexibility index (Phi) is 4.51. The fraction of sp³-hybridized carbons (Fsp3) is 0.263. The van der Waals surface area contributed by atoms with E-state index in [4.69, 9.17) is 9.15 Å². The number of fused-ring (bicyclic) bond motifs is 1. The van der Waals surface area contributed by atoms with Crippen LogP contribution in [-0.4, -0.2) is 12.5 Å². The molecule has 3 rings (SSSR count). The van der Waals surface area contributed by atoms with Gasteiger partial charge in [0.2, 0.25) is 0 Å². The summed E-state index contributed by atoms with van der Waals surface area (Å²) in [6.45, 7) is 4.14. The van der Waals surface area contributed by atoms with Crippen molar-refractivity contribution in [1.29, 1.82) is 0 Å². The Morgan fingerprint density at radius 3 is 3.00 bits per heavy atom. The number of carbonyl (C=O) groups excluding carboxylic acids is 1. The Hall–Kier alpha value is -2.82. The van der Waals surface area contributed by atoms with Crippen LogP contribution in [-0.2, 0) is 9.53 Å². The van der Waals surface area contributed by atoms with E-state index in [1.807, 2.05) is 13.0 Å². The van der Waals surface area contributed by atoms with E-state index in [0.29, 0.717) is 29.0 Å². The molecule has 0 bridgehead atoms. The first-order valence-corrected chi connectivity index (χ1v) is 7.97. The van der Waals surface area contributed by atoms with Crippen LogP contribution in [0.3, 0.4) is 0 Å². The summed E-state index contributed by atoms with van der Waals surface area (Å²) in [5, 5.41) is 3.65. The van der Waals surface area contributed by atoms with Gasteiger partial charge in [0.15, 0.2) is 0 Å². The van der Waals surface area contributed by atoms with Crippen molar-refractivity contribution in [2.45, 2.75) is 26.7 Å². The van der Waals surface area contributed by atoms with Gasteiger partial charge in [-0.15, -0.1) is 0 Å². The number of rotatable bonds is 4. The second-order valence-electron chi connectivity index (χ2n) is 5.63. The Balaban J connectivity index is 0.00000225. The molecule has 126 valence electrons. The minimum atomic E-state index is -0.349.